The third-order valence-corrected chi connectivity index (χ3v) is 7.65. The maximum atomic E-state index is 13.4. The van der Waals surface area contributed by atoms with Crippen molar-refractivity contribution < 1.29 is 9.21 Å². The second-order valence-electron chi connectivity index (χ2n) is 8.80. The van der Waals surface area contributed by atoms with E-state index in [1.165, 1.54) is 19.3 Å². The van der Waals surface area contributed by atoms with E-state index in [0.717, 1.165) is 42.4 Å². The third kappa shape index (κ3) is 4.71. The van der Waals surface area contributed by atoms with Gasteiger partial charge in [0.1, 0.15) is 11.6 Å². The monoisotopic (exact) mass is 416 g/mol. The summed E-state index contributed by atoms with van der Waals surface area (Å²) in [7, 11) is 1.98. The zero-order valence-electron chi connectivity index (χ0n) is 17.7. The van der Waals surface area contributed by atoms with Crippen molar-refractivity contribution in [3.8, 4) is 0 Å². The Labute approximate surface area is 177 Å². The summed E-state index contributed by atoms with van der Waals surface area (Å²) in [4.78, 5) is 15.4. The Hall–Kier alpha value is -1.76. The number of hydrogen-bond donors (Lipinski definition) is 0. The molecule has 0 spiro atoms. The van der Waals surface area contributed by atoms with Gasteiger partial charge in [-0.25, -0.2) is 0 Å². The molecule has 4 rings (SSSR count). The van der Waals surface area contributed by atoms with Gasteiger partial charge in [0.2, 0.25) is 5.91 Å². The van der Waals surface area contributed by atoms with E-state index in [4.69, 9.17) is 4.42 Å². The van der Waals surface area contributed by atoms with Crippen molar-refractivity contribution in [2.24, 2.45) is 5.92 Å². The zero-order valence-corrected chi connectivity index (χ0v) is 18.5. The Kier molecular flexibility index (Phi) is 6.32. The molecule has 2 fully saturated rings. The van der Waals surface area contributed by atoms with Gasteiger partial charge in [-0.2, -0.15) is 0 Å². The first-order valence-electron chi connectivity index (χ1n) is 10.9. The summed E-state index contributed by atoms with van der Waals surface area (Å²) >= 11 is 1.57. The highest BCUT2D eigenvalue weighted by molar-refractivity contribution is 8.00. The first kappa shape index (κ1) is 20.5. The Morgan fingerprint density at radius 3 is 2.62 bits per heavy atom. The number of nitrogens with zero attached hydrogens (tertiary/aromatic N) is 4. The lowest BCUT2D eigenvalue weighted by molar-refractivity contribution is -0.132. The molecule has 158 valence electrons. The molecule has 2 aliphatic carbocycles. The van der Waals surface area contributed by atoms with Crippen LogP contribution in [0.5, 0.6) is 0 Å². The zero-order chi connectivity index (χ0) is 20.4. The van der Waals surface area contributed by atoms with Crippen molar-refractivity contribution in [2.75, 3.05) is 7.05 Å². The molecular weight excluding hydrogens is 384 g/mol. The van der Waals surface area contributed by atoms with Gasteiger partial charge >= 0.3 is 0 Å². The van der Waals surface area contributed by atoms with Crippen molar-refractivity contribution in [3.05, 3.63) is 30.0 Å². The van der Waals surface area contributed by atoms with Crippen LogP contribution in [0.4, 0.5) is 0 Å². The Morgan fingerprint density at radius 1 is 1.24 bits per heavy atom. The van der Waals surface area contributed by atoms with Crippen molar-refractivity contribution >= 4 is 17.7 Å². The quantitative estimate of drug-likeness (QED) is 0.584. The fourth-order valence-corrected chi connectivity index (χ4v) is 5.31. The number of carbonyl (C=O) groups is 1. The topological polar surface area (TPSA) is 64.2 Å². The summed E-state index contributed by atoms with van der Waals surface area (Å²) in [6.07, 6.45) is 10.0. The Bertz CT molecular complexity index is 807. The summed E-state index contributed by atoms with van der Waals surface area (Å²) in [5, 5.41) is 9.66. The van der Waals surface area contributed by atoms with Crippen molar-refractivity contribution in [2.45, 2.75) is 87.7 Å². The molecule has 7 heteroatoms. The molecule has 0 saturated heterocycles. The standard InChI is InChI=1S/C22H32N4O2S/c1-15(2)19(21(27)25(3)17-8-5-4-6-9-17)29-22-24-23-20(16-11-12-16)26(22)14-18-10-7-13-28-18/h7,10,13,15-17,19H,4-6,8-9,11-12,14H2,1-3H3/t19-/m0/s1. The SMILES string of the molecule is CC(C)[C@H](Sc1nnc(C2CC2)n1Cc1ccco1)C(=O)N(C)C1CCCCC1. The molecule has 0 unspecified atom stereocenters. The van der Waals surface area contributed by atoms with Crippen LogP contribution in [0.15, 0.2) is 28.0 Å². The fourth-order valence-electron chi connectivity index (χ4n) is 4.17. The second kappa shape index (κ2) is 8.94. The molecule has 0 aliphatic heterocycles. The highest BCUT2D eigenvalue weighted by atomic mass is 32.2. The minimum atomic E-state index is -0.159. The molecule has 1 atom stereocenters. The summed E-state index contributed by atoms with van der Waals surface area (Å²) in [5.74, 6) is 2.85. The van der Waals surface area contributed by atoms with E-state index < -0.39 is 0 Å². The summed E-state index contributed by atoms with van der Waals surface area (Å²) in [6.45, 7) is 4.87. The van der Waals surface area contributed by atoms with Crippen molar-refractivity contribution in [1.82, 2.24) is 19.7 Å². The van der Waals surface area contributed by atoms with Gasteiger partial charge in [0.15, 0.2) is 5.16 Å². The van der Waals surface area contributed by atoms with E-state index in [1.807, 2.05) is 24.1 Å². The van der Waals surface area contributed by atoms with E-state index in [1.54, 1.807) is 18.0 Å². The molecule has 0 radical (unpaired) electrons. The number of aromatic nitrogens is 3. The minimum absolute atomic E-state index is 0.159. The third-order valence-electron chi connectivity index (χ3n) is 6.13. The molecule has 2 aromatic rings. The number of carbonyl (C=O) groups excluding carboxylic acids is 1. The molecule has 2 saturated carbocycles. The summed E-state index contributed by atoms with van der Waals surface area (Å²) < 4.78 is 7.73. The lowest BCUT2D eigenvalue weighted by atomic mass is 9.94. The number of furan rings is 1. The van der Waals surface area contributed by atoms with Gasteiger partial charge in [-0.3, -0.25) is 9.36 Å². The van der Waals surface area contributed by atoms with Crippen LogP contribution < -0.4 is 0 Å². The van der Waals surface area contributed by atoms with Crippen LogP contribution >= 0.6 is 11.8 Å². The van der Waals surface area contributed by atoms with Crippen molar-refractivity contribution in [3.63, 3.8) is 0 Å². The highest BCUT2D eigenvalue weighted by Crippen LogP contribution is 2.41. The summed E-state index contributed by atoms with van der Waals surface area (Å²) in [6, 6.07) is 4.26. The van der Waals surface area contributed by atoms with Crippen LogP contribution in [-0.4, -0.2) is 43.9 Å². The van der Waals surface area contributed by atoms with Gasteiger partial charge in [-0.1, -0.05) is 44.9 Å². The molecule has 1 amide bonds. The molecule has 29 heavy (non-hydrogen) atoms. The van der Waals surface area contributed by atoms with E-state index >= 15 is 0 Å². The Balaban J connectivity index is 1.54. The number of amides is 1. The van der Waals surface area contributed by atoms with Crippen molar-refractivity contribution in [1.29, 1.82) is 0 Å². The molecular formula is C22H32N4O2S. The largest absolute Gasteiger partial charge is 0.467 e. The van der Waals surface area contributed by atoms with Gasteiger partial charge in [0, 0.05) is 19.0 Å². The lowest BCUT2D eigenvalue weighted by Gasteiger charge is -2.34. The van der Waals surface area contributed by atoms with Crippen LogP contribution in [0.3, 0.4) is 0 Å². The van der Waals surface area contributed by atoms with Gasteiger partial charge < -0.3 is 9.32 Å². The van der Waals surface area contributed by atoms with Gasteiger partial charge in [0.05, 0.1) is 18.1 Å². The van der Waals surface area contributed by atoms with E-state index in [-0.39, 0.29) is 17.1 Å². The van der Waals surface area contributed by atoms with Crippen LogP contribution in [0.25, 0.3) is 0 Å². The van der Waals surface area contributed by atoms with Crippen LogP contribution in [0, 0.1) is 5.92 Å². The maximum absolute atomic E-state index is 13.4. The maximum Gasteiger partial charge on any atom is 0.236 e. The first-order valence-corrected chi connectivity index (χ1v) is 11.8. The van der Waals surface area contributed by atoms with E-state index in [2.05, 4.69) is 28.6 Å². The molecule has 0 bridgehead atoms. The average molecular weight is 417 g/mol. The lowest BCUT2D eigenvalue weighted by Crippen LogP contribution is -2.44. The average Bonchev–Trinajstić information content (AvgIpc) is 3.30. The minimum Gasteiger partial charge on any atom is -0.467 e. The van der Waals surface area contributed by atoms with Gasteiger partial charge in [-0.05, 0) is 43.7 Å². The molecule has 2 aliphatic rings. The van der Waals surface area contributed by atoms with E-state index in [0.29, 0.717) is 18.5 Å². The van der Waals surface area contributed by atoms with Crippen LogP contribution in [-0.2, 0) is 11.3 Å². The van der Waals surface area contributed by atoms with Gasteiger partial charge in [0.25, 0.3) is 0 Å². The van der Waals surface area contributed by atoms with Crippen LogP contribution in [0.1, 0.15) is 76.3 Å². The molecule has 2 heterocycles. The van der Waals surface area contributed by atoms with Crippen LogP contribution in [0.2, 0.25) is 0 Å². The molecule has 0 N–H and O–H groups in total. The van der Waals surface area contributed by atoms with Gasteiger partial charge in [-0.15, -0.1) is 10.2 Å². The molecule has 2 aromatic heterocycles. The smallest absolute Gasteiger partial charge is 0.236 e. The molecule has 6 nitrogen and oxygen atoms in total. The highest BCUT2D eigenvalue weighted by Gasteiger charge is 2.35. The predicted octanol–water partition coefficient (Wildman–Crippen LogP) is 4.70. The van der Waals surface area contributed by atoms with E-state index in [9.17, 15) is 4.79 Å². The fraction of sp³-hybridized carbons (Fsp3) is 0.682. The second-order valence-corrected chi connectivity index (χ2v) is 9.91. The summed E-state index contributed by atoms with van der Waals surface area (Å²) in [5.41, 5.74) is 0. The first-order chi connectivity index (χ1) is 14.0. The normalized spacial score (nSPS) is 18.9. The Morgan fingerprint density at radius 2 is 2.00 bits per heavy atom. The number of hydrogen-bond acceptors (Lipinski definition) is 5. The molecule has 0 aromatic carbocycles. The number of thioether (sulfide) groups is 1. The number of rotatable bonds is 8. The predicted molar refractivity (Wildman–Crippen MR) is 114 cm³/mol.